The molecule has 24 heavy (non-hydrogen) atoms. The molecule has 0 radical (unpaired) electrons. The summed E-state index contributed by atoms with van der Waals surface area (Å²) >= 11 is 12.1. The van der Waals surface area contributed by atoms with E-state index in [1.54, 1.807) is 12.1 Å². The maximum atomic E-state index is 12.4. The van der Waals surface area contributed by atoms with Crippen LogP contribution in [0.1, 0.15) is 17.2 Å². The lowest BCUT2D eigenvalue weighted by atomic mass is 9.98. The molecular weight excluding hydrogens is 347 g/mol. The van der Waals surface area contributed by atoms with Crippen molar-refractivity contribution in [1.29, 1.82) is 0 Å². The topological polar surface area (TPSA) is 59.8 Å². The molecule has 3 rings (SSSR count). The summed E-state index contributed by atoms with van der Waals surface area (Å²) in [5.74, 6) is -0.180. The Balaban J connectivity index is 1.87. The van der Waals surface area contributed by atoms with Gasteiger partial charge in [-0.25, -0.2) is 9.67 Å². The molecule has 0 unspecified atom stereocenters. The second-order valence-electron chi connectivity index (χ2n) is 5.18. The molecular formula is C17H14Cl2N4O. The third kappa shape index (κ3) is 3.93. The maximum absolute atomic E-state index is 12.4. The molecule has 3 aromatic rings. The van der Waals surface area contributed by atoms with E-state index in [1.165, 1.54) is 17.3 Å². The quantitative estimate of drug-likeness (QED) is 0.757. The van der Waals surface area contributed by atoms with Crippen molar-refractivity contribution in [2.45, 2.75) is 12.6 Å². The Kier molecular flexibility index (Phi) is 5.13. The zero-order valence-electron chi connectivity index (χ0n) is 12.6. The van der Waals surface area contributed by atoms with E-state index in [9.17, 15) is 4.79 Å². The van der Waals surface area contributed by atoms with Crippen molar-refractivity contribution in [1.82, 2.24) is 20.1 Å². The van der Waals surface area contributed by atoms with Crippen LogP contribution in [0.3, 0.4) is 0 Å². The first-order chi connectivity index (χ1) is 11.6. The van der Waals surface area contributed by atoms with Crippen molar-refractivity contribution in [3.05, 3.63) is 82.4 Å². The Morgan fingerprint density at radius 2 is 1.88 bits per heavy atom. The Hall–Kier alpha value is -2.37. The van der Waals surface area contributed by atoms with Crippen molar-refractivity contribution < 1.29 is 4.79 Å². The zero-order chi connectivity index (χ0) is 16.9. The number of amides is 1. The molecule has 0 saturated heterocycles. The summed E-state index contributed by atoms with van der Waals surface area (Å²) in [6, 6.07) is 14.7. The van der Waals surface area contributed by atoms with Crippen LogP contribution in [0, 0.1) is 0 Å². The van der Waals surface area contributed by atoms with Gasteiger partial charge in [0.1, 0.15) is 19.2 Å². The number of carbonyl (C=O) groups is 1. The largest absolute Gasteiger partial charge is 0.344 e. The number of rotatable bonds is 5. The van der Waals surface area contributed by atoms with Crippen molar-refractivity contribution in [3.63, 3.8) is 0 Å². The van der Waals surface area contributed by atoms with Gasteiger partial charge in [0.15, 0.2) is 0 Å². The number of benzene rings is 2. The van der Waals surface area contributed by atoms with Crippen molar-refractivity contribution in [3.8, 4) is 0 Å². The SMILES string of the molecule is O=C(Cn1cncn1)N[C@@H](c1ccccc1)c1ccc(Cl)c(Cl)c1. The first-order valence-electron chi connectivity index (χ1n) is 7.25. The highest BCUT2D eigenvalue weighted by atomic mass is 35.5. The summed E-state index contributed by atoms with van der Waals surface area (Å²) in [6.07, 6.45) is 2.89. The number of hydrogen-bond donors (Lipinski definition) is 1. The molecule has 5 nitrogen and oxygen atoms in total. The molecule has 7 heteroatoms. The van der Waals surface area contributed by atoms with Crippen molar-refractivity contribution in [2.75, 3.05) is 0 Å². The Labute approximate surface area is 149 Å². The first-order valence-corrected chi connectivity index (χ1v) is 8.01. The van der Waals surface area contributed by atoms with Gasteiger partial charge in [0.05, 0.1) is 16.1 Å². The van der Waals surface area contributed by atoms with E-state index in [4.69, 9.17) is 23.2 Å². The second-order valence-corrected chi connectivity index (χ2v) is 5.99. The molecule has 0 spiro atoms. The van der Waals surface area contributed by atoms with Crippen LogP contribution in [-0.4, -0.2) is 20.7 Å². The van der Waals surface area contributed by atoms with E-state index in [0.717, 1.165) is 11.1 Å². The lowest BCUT2D eigenvalue weighted by molar-refractivity contribution is -0.122. The predicted octanol–water partition coefficient (Wildman–Crippen LogP) is 3.49. The van der Waals surface area contributed by atoms with Gasteiger partial charge in [-0.2, -0.15) is 5.10 Å². The number of nitrogens with one attached hydrogen (secondary N) is 1. The van der Waals surface area contributed by atoms with Gasteiger partial charge >= 0.3 is 0 Å². The van der Waals surface area contributed by atoms with Crippen LogP contribution in [-0.2, 0) is 11.3 Å². The van der Waals surface area contributed by atoms with E-state index in [0.29, 0.717) is 10.0 Å². The molecule has 1 heterocycles. The monoisotopic (exact) mass is 360 g/mol. The second kappa shape index (κ2) is 7.47. The summed E-state index contributed by atoms with van der Waals surface area (Å²) in [6.45, 7) is 0.0880. The van der Waals surface area contributed by atoms with Crippen LogP contribution in [0.5, 0.6) is 0 Å². The number of hydrogen-bond acceptors (Lipinski definition) is 3. The van der Waals surface area contributed by atoms with E-state index in [-0.39, 0.29) is 18.5 Å². The van der Waals surface area contributed by atoms with E-state index in [2.05, 4.69) is 15.4 Å². The van der Waals surface area contributed by atoms with Crippen LogP contribution in [0.4, 0.5) is 0 Å². The molecule has 0 saturated carbocycles. The van der Waals surface area contributed by atoms with Crippen molar-refractivity contribution >= 4 is 29.1 Å². The van der Waals surface area contributed by atoms with Gasteiger partial charge < -0.3 is 5.32 Å². The molecule has 0 aliphatic heterocycles. The maximum Gasteiger partial charge on any atom is 0.242 e. The minimum atomic E-state index is -0.336. The highest BCUT2D eigenvalue weighted by Gasteiger charge is 2.18. The predicted molar refractivity (Wildman–Crippen MR) is 92.9 cm³/mol. The molecule has 1 N–H and O–H groups in total. The van der Waals surface area contributed by atoms with Crippen LogP contribution < -0.4 is 5.32 Å². The number of nitrogens with zero attached hydrogens (tertiary/aromatic N) is 3. The summed E-state index contributed by atoms with van der Waals surface area (Å²) in [5.41, 5.74) is 1.80. The lowest BCUT2D eigenvalue weighted by Crippen LogP contribution is -2.32. The fourth-order valence-electron chi connectivity index (χ4n) is 2.36. The normalized spacial score (nSPS) is 11.9. The van der Waals surface area contributed by atoms with Crippen LogP contribution in [0.2, 0.25) is 10.0 Å². The van der Waals surface area contributed by atoms with Crippen LogP contribution in [0.25, 0.3) is 0 Å². The molecule has 0 fully saturated rings. The molecule has 0 bridgehead atoms. The van der Waals surface area contributed by atoms with Gasteiger partial charge in [-0.15, -0.1) is 0 Å². The minimum absolute atomic E-state index is 0.0880. The fraction of sp³-hybridized carbons (Fsp3) is 0.118. The molecule has 0 aliphatic rings. The average molecular weight is 361 g/mol. The van der Waals surface area contributed by atoms with Gasteiger partial charge in [0, 0.05) is 0 Å². The average Bonchev–Trinajstić information content (AvgIpc) is 3.09. The number of carbonyl (C=O) groups excluding carboxylic acids is 1. The first kappa shape index (κ1) is 16.5. The Morgan fingerprint density at radius 3 is 2.54 bits per heavy atom. The van der Waals surface area contributed by atoms with Gasteiger partial charge in [-0.05, 0) is 23.3 Å². The summed E-state index contributed by atoms with van der Waals surface area (Å²) in [7, 11) is 0. The molecule has 122 valence electrons. The van der Waals surface area contributed by atoms with Gasteiger partial charge in [0.25, 0.3) is 0 Å². The van der Waals surface area contributed by atoms with Gasteiger partial charge in [-0.3, -0.25) is 4.79 Å². The van der Waals surface area contributed by atoms with Crippen LogP contribution >= 0.6 is 23.2 Å². The standard InChI is InChI=1S/C17H14Cl2N4O/c18-14-7-6-13(8-15(14)19)17(12-4-2-1-3-5-12)22-16(24)9-23-11-20-10-21-23/h1-8,10-11,17H,9H2,(H,22,24)/t17-/m0/s1. The molecule has 2 aromatic carbocycles. The minimum Gasteiger partial charge on any atom is -0.344 e. The van der Waals surface area contributed by atoms with Crippen molar-refractivity contribution in [2.24, 2.45) is 0 Å². The van der Waals surface area contributed by atoms with E-state index < -0.39 is 0 Å². The smallest absolute Gasteiger partial charge is 0.242 e. The van der Waals surface area contributed by atoms with Gasteiger partial charge in [-0.1, -0.05) is 59.6 Å². The number of halogens is 2. The van der Waals surface area contributed by atoms with E-state index in [1.807, 2.05) is 36.4 Å². The zero-order valence-corrected chi connectivity index (χ0v) is 14.1. The molecule has 1 amide bonds. The Bertz CT molecular complexity index is 822. The lowest BCUT2D eigenvalue weighted by Gasteiger charge is -2.20. The third-order valence-corrected chi connectivity index (χ3v) is 4.23. The Morgan fingerprint density at radius 1 is 1.08 bits per heavy atom. The van der Waals surface area contributed by atoms with E-state index >= 15 is 0 Å². The highest BCUT2D eigenvalue weighted by molar-refractivity contribution is 6.42. The molecule has 0 aliphatic carbocycles. The van der Waals surface area contributed by atoms with Crippen LogP contribution in [0.15, 0.2) is 61.2 Å². The highest BCUT2D eigenvalue weighted by Crippen LogP contribution is 2.28. The number of aromatic nitrogens is 3. The van der Waals surface area contributed by atoms with Gasteiger partial charge in [0.2, 0.25) is 5.91 Å². The fourth-order valence-corrected chi connectivity index (χ4v) is 2.67. The molecule has 1 atom stereocenters. The summed E-state index contributed by atoms with van der Waals surface area (Å²) in [4.78, 5) is 16.2. The summed E-state index contributed by atoms with van der Waals surface area (Å²) < 4.78 is 1.46. The summed E-state index contributed by atoms with van der Waals surface area (Å²) in [5, 5.41) is 7.86. The third-order valence-electron chi connectivity index (χ3n) is 3.49. The molecule has 1 aromatic heterocycles.